The molecule has 116 valence electrons. The second kappa shape index (κ2) is 6.44. The SMILES string of the molecule is Cc1ccc(-c2noc(COc3ccc(C=O)cc3)n2)c(C)c1. The van der Waals surface area contributed by atoms with Gasteiger partial charge in [-0.1, -0.05) is 28.9 Å². The summed E-state index contributed by atoms with van der Waals surface area (Å²) in [5, 5.41) is 4.00. The summed E-state index contributed by atoms with van der Waals surface area (Å²) in [4.78, 5) is 15.0. The van der Waals surface area contributed by atoms with Crippen molar-refractivity contribution in [1.29, 1.82) is 0 Å². The fourth-order valence-electron chi connectivity index (χ4n) is 2.28. The molecule has 5 heteroatoms. The second-order valence-corrected chi connectivity index (χ2v) is 5.31. The van der Waals surface area contributed by atoms with Crippen LogP contribution in [0.15, 0.2) is 47.0 Å². The summed E-state index contributed by atoms with van der Waals surface area (Å²) in [6.07, 6.45) is 0.790. The zero-order valence-corrected chi connectivity index (χ0v) is 12.9. The van der Waals surface area contributed by atoms with Gasteiger partial charge < -0.3 is 9.26 Å². The second-order valence-electron chi connectivity index (χ2n) is 5.31. The maximum absolute atomic E-state index is 10.6. The van der Waals surface area contributed by atoms with Crippen LogP contribution in [0.25, 0.3) is 11.4 Å². The van der Waals surface area contributed by atoms with E-state index in [0.717, 1.165) is 17.4 Å². The van der Waals surface area contributed by atoms with Gasteiger partial charge in [0.15, 0.2) is 6.61 Å². The number of nitrogens with zero attached hydrogens (tertiary/aromatic N) is 2. The van der Waals surface area contributed by atoms with E-state index in [2.05, 4.69) is 16.2 Å². The van der Waals surface area contributed by atoms with Gasteiger partial charge in [0.2, 0.25) is 5.82 Å². The first-order chi connectivity index (χ1) is 11.2. The van der Waals surface area contributed by atoms with Gasteiger partial charge in [0.05, 0.1) is 0 Å². The van der Waals surface area contributed by atoms with Crippen LogP contribution in [0.3, 0.4) is 0 Å². The summed E-state index contributed by atoms with van der Waals surface area (Å²) in [7, 11) is 0. The van der Waals surface area contributed by atoms with Gasteiger partial charge >= 0.3 is 0 Å². The fourth-order valence-corrected chi connectivity index (χ4v) is 2.28. The number of aromatic nitrogens is 2. The Balaban J connectivity index is 1.70. The molecule has 0 amide bonds. The molecule has 1 heterocycles. The summed E-state index contributed by atoms with van der Waals surface area (Å²) < 4.78 is 10.8. The minimum absolute atomic E-state index is 0.179. The highest BCUT2D eigenvalue weighted by Crippen LogP contribution is 2.22. The quantitative estimate of drug-likeness (QED) is 0.672. The Hall–Kier alpha value is -2.95. The molecule has 0 bridgehead atoms. The first-order valence-electron chi connectivity index (χ1n) is 7.24. The van der Waals surface area contributed by atoms with Gasteiger partial charge in [0, 0.05) is 11.1 Å². The predicted molar refractivity (Wildman–Crippen MR) is 85.4 cm³/mol. The largest absolute Gasteiger partial charge is 0.484 e. The van der Waals surface area contributed by atoms with Crippen LogP contribution in [-0.4, -0.2) is 16.4 Å². The van der Waals surface area contributed by atoms with Crippen LogP contribution in [0, 0.1) is 13.8 Å². The monoisotopic (exact) mass is 308 g/mol. The third-order valence-electron chi connectivity index (χ3n) is 3.47. The predicted octanol–water partition coefficient (Wildman–Crippen LogP) is 3.74. The molecular weight excluding hydrogens is 292 g/mol. The van der Waals surface area contributed by atoms with E-state index in [1.807, 2.05) is 26.0 Å². The Kier molecular flexibility index (Phi) is 4.19. The maximum Gasteiger partial charge on any atom is 0.264 e. The topological polar surface area (TPSA) is 65.2 Å². The van der Waals surface area contributed by atoms with E-state index in [9.17, 15) is 4.79 Å². The fraction of sp³-hybridized carbons (Fsp3) is 0.167. The zero-order valence-electron chi connectivity index (χ0n) is 12.9. The number of hydrogen-bond donors (Lipinski definition) is 0. The summed E-state index contributed by atoms with van der Waals surface area (Å²) in [5.41, 5.74) is 3.84. The minimum Gasteiger partial charge on any atom is -0.484 e. The van der Waals surface area contributed by atoms with Crippen LogP contribution in [-0.2, 0) is 6.61 Å². The standard InChI is InChI=1S/C18H16N2O3/c1-12-3-8-16(13(2)9-12)18-19-17(23-20-18)11-22-15-6-4-14(10-21)5-7-15/h3-10H,11H2,1-2H3. The molecule has 0 N–H and O–H groups in total. The molecule has 0 spiro atoms. The van der Waals surface area contributed by atoms with Crippen LogP contribution >= 0.6 is 0 Å². The molecule has 0 atom stereocenters. The zero-order chi connectivity index (χ0) is 16.2. The number of rotatable bonds is 5. The lowest BCUT2D eigenvalue weighted by Crippen LogP contribution is -1.96. The van der Waals surface area contributed by atoms with Crippen molar-refractivity contribution in [3.8, 4) is 17.1 Å². The first kappa shape index (κ1) is 15.0. The summed E-state index contributed by atoms with van der Waals surface area (Å²) in [5.74, 6) is 1.60. The molecule has 0 radical (unpaired) electrons. The van der Waals surface area contributed by atoms with E-state index in [4.69, 9.17) is 9.26 Å². The molecule has 0 aliphatic rings. The molecule has 0 unspecified atom stereocenters. The van der Waals surface area contributed by atoms with Gasteiger partial charge in [-0.15, -0.1) is 0 Å². The van der Waals surface area contributed by atoms with Crippen LogP contribution < -0.4 is 4.74 Å². The maximum atomic E-state index is 10.6. The summed E-state index contributed by atoms with van der Waals surface area (Å²) in [6, 6.07) is 12.9. The molecule has 0 fully saturated rings. The van der Waals surface area contributed by atoms with Gasteiger partial charge in [0.25, 0.3) is 5.89 Å². The van der Waals surface area contributed by atoms with Gasteiger partial charge in [-0.3, -0.25) is 4.79 Å². The average Bonchev–Trinajstić information content (AvgIpc) is 3.02. The van der Waals surface area contributed by atoms with Crippen molar-refractivity contribution in [3.63, 3.8) is 0 Å². The number of aryl methyl sites for hydroxylation is 2. The van der Waals surface area contributed by atoms with Gasteiger partial charge in [0.1, 0.15) is 12.0 Å². The summed E-state index contributed by atoms with van der Waals surface area (Å²) >= 11 is 0. The molecule has 3 aromatic rings. The number of carbonyl (C=O) groups is 1. The molecule has 0 saturated carbocycles. The highest BCUT2D eigenvalue weighted by atomic mass is 16.5. The smallest absolute Gasteiger partial charge is 0.264 e. The Morgan fingerprint density at radius 1 is 1.13 bits per heavy atom. The van der Waals surface area contributed by atoms with Crippen molar-refractivity contribution in [3.05, 3.63) is 65.0 Å². The number of hydrogen-bond acceptors (Lipinski definition) is 5. The first-order valence-corrected chi connectivity index (χ1v) is 7.24. The normalized spacial score (nSPS) is 10.5. The number of benzene rings is 2. The molecule has 3 rings (SSSR count). The van der Waals surface area contributed by atoms with Crippen LogP contribution in [0.1, 0.15) is 27.4 Å². The summed E-state index contributed by atoms with van der Waals surface area (Å²) in [6.45, 7) is 4.24. The number of aldehydes is 1. The molecular formula is C18H16N2O3. The molecule has 0 aliphatic heterocycles. The molecule has 0 aliphatic carbocycles. The number of ether oxygens (including phenoxy) is 1. The van der Waals surface area contributed by atoms with Crippen molar-refractivity contribution < 1.29 is 14.1 Å². The van der Waals surface area contributed by atoms with Crippen LogP contribution in [0.4, 0.5) is 0 Å². The Labute approximate surface area is 133 Å². The van der Waals surface area contributed by atoms with Gasteiger partial charge in [-0.2, -0.15) is 4.98 Å². The van der Waals surface area contributed by atoms with E-state index < -0.39 is 0 Å². The Morgan fingerprint density at radius 3 is 2.61 bits per heavy atom. The van der Waals surface area contributed by atoms with E-state index in [-0.39, 0.29) is 6.61 Å². The molecule has 1 aromatic heterocycles. The molecule has 23 heavy (non-hydrogen) atoms. The van der Waals surface area contributed by atoms with Gasteiger partial charge in [-0.25, -0.2) is 0 Å². The third kappa shape index (κ3) is 3.45. The molecule has 0 saturated heterocycles. The molecule has 5 nitrogen and oxygen atoms in total. The van der Waals surface area contributed by atoms with Gasteiger partial charge in [-0.05, 0) is 43.7 Å². The van der Waals surface area contributed by atoms with Crippen LogP contribution in [0.2, 0.25) is 0 Å². The van der Waals surface area contributed by atoms with Crippen molar-refractivity contribution in [2.45, 2.75) is 20.5 Å². The van der Waals surface area contributed by atoms with E-state index >= 15 is 0 Å². The lowest BCUT2D eigenvalue weighted by Gasteiger charge is -2.02. The van der Waals surface area contributed by atoms with Crippen molar-refractivity contribution in [2.75, 3.05) is 0 Å². The third-order valence-corrected chi connectivity index (χ3v) is 3.47. The molecule has 2 aromatic carbocycles. The number of carbonyl (C=O) groups excluding carboxylic acids is 1. The lowest BCUT2D eigenvalue weighted by atomic mass is 10.1. The highest BCUT2D eigenvalue weighted by molar-refractivity contribution is 5.74. The Morgan fingerprint density at radius 2 is 1.91 bits per heavy atom. The lowest BCUT2D eigenvalue weighted by molar-refractivity contribution is 0.112. The average molecular weight is 308 g/mol. The Bertz CT molecular complexity index is 823. The van der Waals surface area contributed by atoms with E-state index in [0.29, 0.717) is 23.0 Å². The van der Waals surface area contributed by atoms with E-state index in [1.165, 1.54) is 5.56 Å². The van der Waals surface area contributed by atoms with Crippen molar-refractivity contribution in [1.82, 2.24) is 10.1 Å². The minimum atomic E-state index is 0.179. The van der Waals surface area contributed by atoms with Crippen molar-refractivity contribution in [2.24, 2.45) is 0 Å². The van der Waals surface area contributed by atoms with Crippen molar-refractivity contribution >= 4 is 6.29 Å². The van der Waals surface area contributed by atoms with Crippen LogP contribution in [0.5, 0.6) is 5.75 Å². The van der Waals surface area contributed by atoms with E-state index in [1.54, 1.807) is 24.3 Å². The highest BCUT2D eigenvalue weighted by Gasteiger charge is 2.11.